The number of H-pyrrole nitrogens is 1. The Morgan fingerprint density at radius 2 is 1.61 bits per heavy atom. The smallest absolute Gasteiger partial charge is 0.323 e. The van der Waals surface area contributed by atoms with Gasteiger partial charge in [-0.2, -0.15) is 0 Å². The van der Waals surface area contributed by atoms with Gasteiger partial charge >= 0.3 is 6.03 Å². The SMILES string of the molecule is O=C(Nc1ccc([N+](=O)[O-])cc1)Nc1ccc2nc(-c3ccccc3)[nH]c2c1. The number of hydrogen-bond acceptors (Lipinski definition) is 4. The summed E-state index contributed by atoms with van der Waals surface area (Å²) < 4.78 is 0. The number of aromatic amines is 1. The highest BCUT2D eigenvalue weighted by atomic mass is 16.6. The second kappa shape index (κ2) is 7.20. The van der Waals surface area contributed by atoms with Crippen LogP contribution in [0.4, 0.5) is 21.9 Å². The summed E-state index contributed by atoms with van der Waals surface area (Å²) in [6, 6.07) is 20.3. The first-order valence-corrected chi connectivity index (χ1v) is 8.46. The molecule has 28 heavy (non-hydrogen) atoms. The van der Waals surface area contributed by atoms with Crippen molar-refractivity contribution >= 4 is 34.1 Å². The monoisotopic (exact) mass is 373 g/mol. The van der Waals surface area contributed by atoms with Crippen LogP contribution in [0.2, 0.25) is 0 Å². The lowest BCUT2D eigenvalue weighted by Crippen LogP contribution is -2.19. The Bertz CT molecular complexity index is 1150. The summed E-state index contributed by atoms with van der Waals surface area (Å²) in [6.07, 6.45) is 0. The number of urea groups is 1. The van der Waals surface area contributed by atoms with Gasteiger partial charge in [-0.3, -0.25) is 10.1 Å². The summed E-state index contributed by atoms with van der Waals surface area (Å²) in [5.74, 6) is 0.753. The summed E-state index contributed by atoms with van der Waals surface area (Å²) in [5.41, 5.74) is 3.58. The molecule has 0 bridgehead atoms. The zero-order valence-electron chi connectivity index (χ0n) is 14.5. The normalized spacial score (nSPS) is 10.6. The predicted octanol–water partition coefficient (Wildman–Crippen LogP) is 4.78. The van der Waals surface area contributed by atoms with E-state index in [0.29, 0.717) is 11.4 Å². The molecule has 0 spiro atoms. The van der Waals surface area contributed by atoms with Gasteiger partial charge in [-0.05, 0) is 30.3 Å². The molecular formula is C20H15N5O3. The van der Waals surface area contributed by atoms with Crippen molar-refractivity contribution < 1.29 is 9.72 Å². The number of nitro benzene ring substituents is 1. The van der Waals surface area contributed by atoms with Gasteiger partial charge in [0.15, 0.2) is 0 Å². The number of nitrogens with zero attached hydrogens (tertiary/aromatic N) is 2. The fourth-order valence-corrected chi connectivity index (χ4v) is 2.78. The summed E-state index contributed by atoms with van der Waals surface area (Å²) >= 11 is 0. The summed E-state index contributed by atoms with van der Waals surface area (Å²) in [5, 5.41) is 16.0. The minimum atomic E-state index is -0.493. The Balaban J connectivity index is 1.48. The number of hydrogen-bond donors (Lipinski definition) is 3. The molecule has 8 nitrogen and oxygen atoms in total. The fourth-order valence-electron chi connectivity index (χ4n) is 2.78. The van der Waals surface area contributed by atoms with E-state index in [1.807, 2.05) is 36.4 Å². The number of non-ortho nitro benzene ring substituents is 1. The molecule has 0 unspecified atom stereocenters. The van der Waals surface area contributed by atoms with Crippen LogP contribution in [0.25, 0.3) is 22.4 Å². The molecule has 0 atom stereocenters. The summed E-state index contributed by atoms with van der Waals surface area (Å²) in [6.45, 7) is 0. The van der Waals surface area contributed by atoms with Crippen molar-refractivity contribution in [3.05, 3.63) is 82.9 Å². The average Bonchev–Trinajstić information content (AvgIpc) is 3.12. The quantitative estimate of drug-likeness (QED) is 0.353. The Morgan fingerprint density at radius 3 is 2.32 bits per heavy atom. The van der Waals surface area contributed by atoms with E-state index >= 15 is 0 Å². The van der Waals surface area contributed by atoms with Crippen molar-refractivity contribution in [2.75, 3.05) is 10.6 Å². The molecule has 0 fully saturated rings. The molecule has 1 heterocycles. The molecule has 0 saturated carbocycles. The molecule has 0 aliphatic heterocycles. The van der Waals surface area contributed by atoms with Crippen LogP contribution in [0, 0.1) is 10.1 Å². The molecule has 1 aromatic heterocycles. The van der Waals surface area contributed by atoms with Crippen LogP contribution in [-0.4, -0.2) is 20.9 Å². The Morgan fingerprint density at radius 1 is 0.929 bits per heavy atom. The lowest BCUT2D eigenvalue weighted by Gasteiger charge is -2.07. The molecule has 4 rings (SSSR count). The van der Waals surface area contributed by atoms with Crippen LogP contribution in [0.5, 0.6) is 0 Å². The molecule has 8 heteroatoms. The van der Waals surface area contributed by atoms with Crippen LogP contribution in [0.15, 0.2) is 72.8 Å². The van der Waals surface area contributed by atoms with Crippen molar-refractivity contribution in [3.63, 3.8) is 0 Å². The number of fused-ring (bicyclic) bond motifs is 1. The molecule has 0 aliphatic rings. The van der Waals surface area contributed by atoms with E-state index in [0.717, 1.165) is 22.4 Å². The first-order chi connectivity index (χ1) is 13.6. The van der Waals surface area contributed by atoms with E-state index in [1.165, 1.54) is 24.3 Å². The zero-order chi connectivity index (χ0) is 19.5. The van der Waals surface area contributed by atoms with Crippen molar-refractivity contribution in [1.82, 2.24) is 9.97 Å². The van der Waals surface area contributed by atoms with Crippen LogP contribution < -0.4 is 10.6 Å². The minimum absolute atomic E-state index is 0.0372. The summed E-state index contributed by atoms with van der Waals surface area (Å²) in [7, 11) is 0. The number of nitrogens with one attached hydrogen (secondary N) is 3. The van der Waals surface area contributed by atoms with E-state index in [1.54, 1.807) is 12.1 Å². The Labute approximate surface area is 159 Å². The molecular weight excluding hydrogens is 358 g/mol. The van der Waals surface area contributed by atoms with Crippen molar-refractivity contribution in [3.8, 4) is 11.4 Å². The molecule has 0 saturated heterocycles. The highest BCUT2D eigenvalue weighted by Gasteiger charge is 2.09. The first-order valence-electron chi connectivity index (χ1n) is 8.46. The van der Waals surface area contributed by atoms with Crippen LogP contribution in [-0.2, 0) is 0 Å². The number of rotatable bonds is 4. The predicted molar refractivity (Wildman–Crippen MR) is 107 cm³/mol. The van der Waals surface area contributed by atoms with Gasteiger partial charge in [-0.1, -0.05) is 30.3 Å². The summed E-state index contributed by atoms with van der Waals surface area (Å²) in [4.78, 5) is 30.2. The van der Waals surface area contributed by atoms with Gasteiger partial charge < -0.3 is 15.6 Å². The molecule has 3 N–H and O–H groups in total. The zero-order valence-corrected chi connectivity index (χ0v) is 14.5. The number of carbonyl (C=O) groups excluding carboxylic acids is 1. The molecule has 0 aliphatic carbocycles. The number of amides is 2. The Hall–Kier alpha value is -4.20. The number of aromatic nitrogens is 2. The number of carbonyl (C=O) groups is 1. The third-order valence-corrected chi connectivity index (χ3v) is 4.12. The molecule has 138 valence electrons. The van der Waals surface area contributed by atoms with Crippen LogP contribution in [0.3, 0.4) is 0 Å². The topological polar surface area (TPSA) is 113 Å². The van der Waals surface area contributed by atoms with Crippen LogP contribution >= 0.6 is 0 Å². The van der Waals surface area contributed by atoms with E-state index in [9.17, 15) is 14.9 Å². The maximum Gasteiger partial charge on any atom is 0.323 e. The van der Waals surface area contributed by atoms with Gasteiger partial charge in [0.2, 0.25) is 0 Å². The third kappa shape index (κ3) is 3.65. The third-order valence-electron chi connectivity index (χ3n) is 4.12. The van der Waals surface area contributed by atoms with Gasteiger partial charge in [-0.15, -0.1) is 0 Å². The maximum absolute atomic E-state index is 12.2. The molecule has 2 amide bonds. The highest BCUT2D eigenvalue weighted by molar-refractivity contribution is 6.00. The fraction of sp³-hybridized carbons (Fsp3) is 0. The molecule has 4 aromatic rings. The van der Waals surface area contributed by atoms with Crippen molar-refractivity contribution in [2.45, 2.75) is 0 Å². The van der Waals surface area contributed by atoms with Gasteiger partial charge in [-0.25, -0.2) is 9.78 Å². The van der Waals surface area contributed by atoms with E-state index in [2.05, 4.69) is 20.6 Å². The van der Waals surface area contributed by atoms with Gasteiger partial charge in [0.1, 0.15) is 5.82 Å². The maximum atomic E-state index is 12.2. The largest absolute Gasteiger partial charge is 0.338 e. The van der Waals surface area contributed by atoms with Gasteiger partial charge in [0.25, 0.3) is 5.69 Å². The average molecular weight is 373 g/mol. The highest BCUT2D eigenvalue weighted by Crippen LogP contribution is 2.23. The minimum Gasteiger partial charge on any atom is -0.338 e. The lowest BCUT2D eigenvalue weighted by molar-refractivity contribution is -0.384. The van der Waals surface area contributed by atoms with E-state index < -0.39 is 11.0 Å². The second-order valence-corrected chi connectivity index (χ2v) is 6.07. The Kier molecular flexibility index (Phi) is 4.43. The van der Waals surface area contributed by atoms with Crippen molar-refractivity contribution in [1.29, 1.82) is 0 Å². The number of benzene rings is 3. The number of anilines is 2. The number of nitro groups is 1. The van der Waals surface area contributed by atoms with E-state index in [4.69, 9.17) is 0 Å². The second-order valence-electron chi connectivity index (χ2n) is 6.07. The standard InChI is InChI=1S/C20H15N5O3/c26-20(21-14-6-9-16(10-7-14)25(27)28)22-15-8-11-17-18(12-15)24-19(23-17)13-4-2-1-3-5-13/h1-12H,(H,23,24)(H2,21,22,26). The van der Waals surface area contributed by atoms with Gasteiger partial charge in [0.05, 0.1) is 16.0 Å². The van der Waals surface area contributed by atoms with Crippen molar-refractivity contribution in [2.24, 2.45) is 0 Å². The number of imidazole rings is 1. The molecule has 0 radical (unpaired) electrons. The molecule has 3 aromatic carbocycles. The first kappa shape index (κ1) is 17.2. The van der Waals surface area contributed by atoms with Crippen LogP contribution in [0.1, 0.15) is 0 Å². The van der Waals surface area contributed by atoms with Gasteiger partial charge in [0, 0.05) is 29.1 Å². The lowest BCUT2D eigenvalue weighted by atomic mass is 10.2. The van der Waals surface area contributed by atoms with E-state index in [-0.39, 0.29) is 5.69 Å².